The van der Waals surface area contributed by atoms with Gasteiger partial charge < -0.3 is 10.4 Å². The normalized spacial score (nSPS) is 20.6. The Morgan fingerprint density at radius 2 is 2.12 bits per heavy atom. The van der Waals surface area contributed by atoms with Gasteiger partial charge in [-0.1, -0.05) is 15.9 Å². The third-order valence-corrected chi connectivity index (χ3v) is 5.09. The summed E-state index contributed by atoms with van der Waals surface area (Å²) in [6.07, 6.45) is 3.66. The number of halogens is 1. The zero-order valence-electron chi connectivity index (χ0n) is 14.7. The number of fused-ring (bicyclic) bond motifs is 1. The van der Waals surface area contributed by atoms with E-state index < -0.39 is 11.6 Å². The minimum Gasteiger partial charge on any atom is -0.465 e. The number of anilines is 1. The summed E-state index contributed by atoms with van der Waals surface area (Å²) in [5, 5.41) is 14.0. The topological polar surface area (TPSA) is 78.4 Å². The van der Waals surface area contributed by atoms with Gasteiger partial charge in [-0.2, -0.15) is 0 Å². The van der Waals surface area contributed by atoms with Gasteiger partial charge >= 0.3 is 6.09 Å². The average Bonchev–Trinajstić information content (AvgIpc) is 2.93. The molecule has 0 unspecified atom stereocenters. The summed E-state index contributed by atoms with van der Waals surface area (Å²) in [6, 6.07) is 5.80. The predicted octanol–water partition coefficient (Wildman–Crippen LogP) is 4.50. The lowest BCUT2D eigenvalue weighted by Crippen LogP contribution is -2.55. The van der Waals surface area contributed by atoms with Gasteiger partial charge in [0.1, 0.15) is 0 Å². The smallest absolute Gasteiger partial charge is 0.408 e. The van der Waals surface area contributed by atoms with Crippen molar-refractivity contribution in [1.29, 1.82) is 0 Å². The second-order valence-electron chi connectivity index (χ2n) is 7.47. The maximum absolute atomic E-state index is 11.8. The summed E-state index contributed by atoms with van der Waals surface area (Å²) >= 11 is 3.45. The lowest BCUT2D eigenvalue weighted by atomic mass is 10.0. The lowest BCUT2D eigenvalue weighted by molar-refractivity contribution is 0.0689. The Labute approximate surface area is 155 Å². The molecule has 0 bridgehead atoms. The number of carboxylic acid groups (broad SMARTS) is 1. The molecule has 1 saturated carbocycles. The molecule has 2 atom stereocenters. The van der Waals surface area contributed by atoms with Crippen LogP contribution in [0.15, 0.2) is 28.9 Å². The van der Waals surface area contributed by atoms with Crippen molar-refractivity contribution < 1.29 is 9.90 Å². The molecule has 3 rings (SSSR count). The van der Waals surface area contributed by atoms with Crippen molar-refractivity contribution in [3.8, 4) is 0 Å². The first kappa shape index (κ1) is 17.9. The van der Waals surface area contributed by atoms with Crippen molar-refractivity contribution in [2.45, 2.75) is 57.7 Å². The second kappa shape index (κ2) is 6.78. The van der Waals surface area contributed by atoms with E-state index in [1.54, 1.807) is 11.1 Å². The molecule has 6 nitrogen and oxygen atoms in total. The van der Waals surface area contributed by atoms with Gasteiger partial charge in [0.15, 0.2) is 0 Å². The first-order valence-corrected chi connectivity index (χ1v) is 9.26. The van der Waals surface area contributed by atoms with Crippen LogP contribution in [-0.2, 0) is 0 Å². The molecule has 1 aliphatic carbocycles. The monoisotopic (exact) mass is 406 g/mol. The predicted molar refractivity (Wildman–Crippen MR) is 102 cm³/mol. The molecule has 1 aromatic carbocycles. The number of benzene rings is 1. The van der Waals surface area contributed by atoms with Crippen LogP contribution in [0.25, 0.3) is 10.9 Å². The van der Waals surface area contributed by atoms with E-state index >= 15 is 0 Å². The van der Waals surface area contributed by atoms with Gasteiger partial charge in [0, 0.05) is 27.6 Å². The molecular weight excluding hydrogens is 384 g/mol. The van der Waals surface area contributed by atoms with Crippen molar-refractivity contribution in [1.82, 2.24) is 14.9 Å². The van der Waals surface area contributed by atoms with Gasteiger partial charge in [-0.05, 0) is 58.2 Å². The van der Waals surface area contributed by atoms with Crippen LogP contribution in [0.4, 0.5) is 10.7 Å². The summed E-state index contributed by atoms with van der Waals surface area (Å²) in [5.74, 6) is 0.547. The zero-order valence-corrected chi connectivity index (χ0v) is 16.2. The second-order valence-corrected chi connectivity index (χ2v) is 8.38. The summed E-state index contributed by atoms with van der Waals surface area (Å²) in [5.41, 5.74) is 0.415. The first-order valence-electron chi connectivity index (χ1n) is 8.47. The molecule has 1 heterocycles. The van der Waals surface area contributed by atoms with E-state index in [9.17, 15) is 9.90 Å². The molecule has 2 aromatic rings. The lowest BCUT2D eigenvalue weighted by Gasteiger charge is -2.40. The number of hydrogen-bond donors (Lipinski definition) is 2. The third kappa shape index (κ3) is 3.86. The molecule has 0 spiro atoms. The van der Waals surface area contributed by atoms with E-state index in [4.69, 9.17) is 0 Å². The van der Waals surface area contributed by atoms with Crippen molar-refractivity contribution in [2.24, 2.45) is 0 Å². The molecule has 1 aliphatic rings. The largest absolute Gasteiger partial charge is 0.465 e. The van der Waals surface area contributed by atoms with Crippen LogP contribution in [0.5, 0.6) is 0 Å². The minimum absolute atomic E-state index is 0.0169. The Balaban J connectivity index is 1.83. The molecule has 1 aromatic heterocycles. The van der Waals surface area contributed by atoms with E-state index in [2.05, 4.69) is 31.2 Å². The Morgan fingerprint density at radius 1 is 1.36 bits per heavy atom. The van der Waals surface area contributed by atoms with Crippen LogP contribution in [0.2, 0.25) is 0 Å². The van der Waals surface area contributed by atoms with Crippen LogP contribution in [0, 0.1) is 0 Å². The van der Waals surface area contributed by atoms with Crippen LogP contribution in [0.1, 0.15) is 40.0 Å². The van der Waals surface area contributed by atoms with E-state index in [1.165, 1.54) is 0 Å². The van der Waals surface area contributed by atoms with Gasteiger partial charge in [-0.3, -0.25) is 4.90 Å². The Kier molecular flexibility index (Phi) is 4.86. The van der Waals surface area contributed by atoms with E-state index in [0.29, 0.717) is 5.95 Å². The maximum Gasteiger partial charge on any atom is 0.408 e. The average molecular weight is 407 g/mol. The summed E-state index contributed by atoms with van der Waals surface area (Å²) in [7, 11) is 0. The fraction of sp³-hybridized carbons (Fsp3) is 0.500. The van der Waals surface area contributed by atoms with Crippen LogP contribution in [-0.4, -0.2) is 43.7 Å². The molecule has 0 saturated heterocycles. The number of rotatable bonds is 3. The van der Waals surface area contributed by atoms with Crippen LogP contribution in [0.3, 0.4) is 0 Å². The summed E-state index contributed by atoms with van der Waals surface area (Å²) < 4.78 is 0.988. The van der Waals surface area contributed by atoms with E-state index in [1.807, 2.05) is 39.0 Å². The highest BCUT2D eigenvalue weighted by Crippen LogP contribution is 2.31. The van der Waals surface area contributed by atoms with Crippen molar-refractivity contribution in [3.63, 3.8) is 0 Å². The number of amides is 1. The number of nitrogens with zero attached hydrogens (tertiary/aromatic N) is 3. The summed E-state index contributed by atoms with van der Waals surface area (Å²) in [6.45, 7) is 5.79. The van der Waals surface area contributed by atoms with Crippen LogP contribution >= 0.6 is 15.9 Å². The van der Waals surface area contributed by atoms with Crippen LogP contribution < -0.4 is 5.32 Å². The van der Waals surface area contributed by atoms with E-state index in [-0.39, 0.29) is 12.1 Å². The Bertz CT molecular complexity index is 790. The molecule has 2 N–H and O–H groups in total. The van der Waals surface area contributed by atoms with Gasteiger partial charge in [-0.25, -0.2) is 14.8 Å². The SMILES string of the molecule is CC(C)(C)N(C(=O)O)[C@H]1CCC[C@H]1Nc1ncc2cc(Br)ccc2n1. The molecule has 7 heteroatoms. The van der Waals surface area contributed by atoms with Crippen molar-refractivity contribution in [3.05, 3.63) is 28.9 Å². The van der Waals surface area contributed by atoms with Crippen molar-refractivity contribution in [2.75, 3.05) is 5.32 Å². The van der Waals surface area contributed by atoms with Gasteiger partial charge in [0.25, 0.3) is 0 Å². The molecule has 134 valence electrons. The highest BCUT2D eigenvalue weighted by Gasteiger charge is 2.40. The maximum atomic E-state index is 11.8. The van der Waals surface area contributed by atoms with Gasteiger partial charge in [0.05, 0.1) is 11.6 Å². The Morgan fingerprint density at radius 3 is 2.80 bits per heavy atom. The summed E-state index contributed by atoms with van der Waals surface area (Å²) in [4.78, 5) is 22.3. The molecule has 1 amide bonds. The zero-order chi connectivity index (χ0) is 18.2. The highest BCUT2D eigenvalue weighted by molar-refractivity contribution is 9.10. The molecule has 0 aliphatic heterocycles. The van der Waals surface area contributed by atoms with Gasteiger partial charge in [-0.15, -0.1) is 0 Å². The third-order valence-electron chi connectivity index (χ3n) is 4.60. The minimum atomic E-state index is -0.879. The quantitative estimate of drug-likeness (QED) is 0.783. The van der Waals surface area contributed by atoms with Crippen molar-refractivity contribution >= 4 is 38.9 Å². The van der Waals surface area contributed by atoms with E-state index in [0.717, 1.165) is 34.6 Å². The fourth-order valence-electron chi connectivity index (χ4n) is 3.58. The number of carbonyl (C=O) groups is 1. The molecule has 0 radical (unpaired) electrons. The number of nitrogens with one attached hydrogen (secondary N) is 1. The Hall–Kier alpha value is -1.89. The molecular formula is C18H23BrN4O2. The molecule has 1 fully saturated rings. The number of aromatic nitrogens is 2. The van der Waals surface area contributed by atoms with Gasteiger partial charge in [0.2, 0.25) is 5.95 Å². The molecule has 25 heavy (non-hydrogen) atoms. The fourth-order valence-corrected chi connectivity index (χ4v) is 3.96. The first-order chi connectivity index (χ1) is 11.8. The highest BCUT2D eigenvalue weighted by atomic mass is 79.9. The number of hydrogen-bond acceptors (Lipinski definition) is 4. The standard InChI is InChI=1S/C18H23BrN4O2/c1-18(2,3)23(17(24)25)15-6-4-5-14(15)22-16-20-10-11-9-12(19)7-8-13(11)21-16/h7-10,14-15H,4-6H2,1-3H3,(H,24,25)(H,20,21,22)/t14-,15+/m1/s1.